The first kappa shape index (κ1) is 26.1. The third-order valence-corrected chi connectivity index (χ3v) is 9.36. The first-order chi connectivity index (χ1) is 18.8. The molecule has 6 atom stereocenters. The lowest BCUT2D eigenvalue weighted by molar-refractivity contribution is -0.143. The number of rotatable bonds is 6. The van der Waals surface area contributed by atoms with Crippen LogP contribution in [0.25, 0.3) is 0 Å². The van der Waals surface area contributed by atoms with Crippen molar-refractivity contribution in [3.8, 4) is 0 Å². The number of carbonyl (C=O) groups is 3. The van der Waals surface area contributed by atoms with E-state index < -0.39 is 29.6 Å². The Morgan fingerprint density at radius 2 is 1.82 bits per heavy atom. The van der Waals surface area contributed by atoms with E-state index in [9.17, 15) is 14.4 Å². The second-order valence-corrected chi connectivity index (χ2v) is 11.7. The Kier molecular flexibility index (Phi) is 6.76. The van der Waals surface area contributed by atoms with Gasteiger partial charge < -0.3 is 20.3 Å². The number of halogens is 1. The Bertz CT molecular complexity index is 1320. The summed E-state index contributed by atoms with van der Waals surface area (Å²) in [6.07, 6.45) is 8.31. The fraction of sp³-hybridized carbons (Fsp3) is 0.452. The molecule has 3 heterocycles. The monoisotopic (exact) mass is 547 g/mol. The zero-order valence-electron chi connectivity index (χ0n) is 22.2. The van der Waals surface area contributed by atoms with Gasteiger partial charge >= 0.3 is 0 Å². The molecule has 3 amide bonds. The molecule has 204 valence electrons. The minimum atomic E-state index is -1.20. The Hall–Kier alpha value is -3.16. The molecule has 6 unspecified atom stereocenters. The molecule has 1 spiro atoms. The van der Waals surface area contributed by atoms with Crippen LogP contribution in [0.1, 0.15) is 56.2 Å². The number of nitrogens with zero attached hydrogens (tertiary/aromatic N) is 1. The molecule has 6 rings (SSSR count). The van der Waals surface area contributed by atoms with Crippen LogP contribution in [0.15, 0.2) is 60.7 Å². The van der Waals surface area contributed by atoms with E-state index in [2.05, 4.69) is 10.6 Å². The normalized spacial score (nSPS) is 30.3. The molecular formula is C31H34ClN3O4. The number of carbonyl (C=O) groups excluding carboxylic acids is 3. The summed E-state index contributed by atoms with van der Waals surface area (Å²) in [5.41, 5.74) is 1.19. The van der Waals surface area contributed by atoms with Gasteiger partial charge in [-0.2, -0.15) is 0 Å². The molecule has 1 aliphatic carbocycles. The van der Waals surface area contributed by atoms with Gasteiger partial charge in [-0.3, -0.25) is 14.4 Å². The van der Waals surface area contributed by atoms with Gasteiger partial charge in [0.25, 0.3) is 0 Å². The van der Waals surface area contributed by atoms with Crippen LogP contribution in [0, 0.1) is 18.8 Å². The van der Waals surface area contributed by atoms with Crippen LogP contribution in [0.4, 0.5) is 5.69 Å². The molecule has 7 nitrogen and oxygen atoms in total. The van der Waals surface area contributed by atoms with Gasteiger partial charge in [0.15, 0.2) is 0 Å². The van der Waals surface area contributed by atoms with Crippen LogP contribution < -0.4 is 10.6 Å². The van der Waals surface area contributed by atoms with Gasteiger partial charge in [0.2, 0.25) is 17.7 Å². The standard InChI is InChI=1S/C31H34ClN3O4/c1-18-13-14-22(17-23(18)32)34-28(36)25-24-15-16-31(39-24)26(25)30(38)35(19(2)20-9-5-3-6-10-20)27(31)29(37)33-21-11-7-4-8-12-21/h3,5-6,9-10,13-17,19,21,24-27H,4,7-8,11-12H2,1-2H3,(H,33,37)(H,34,36). The minimum absolute atomic E-state index is 0.0821. The fourth-order valence-corrected chi connectivity index (χ4v) is 7.12. The molecule has 8 heteroatoms. The lowest BCUT2D eigenvalue weighted by Crippen LogP contribution is -2.56. The number of aryl methyl sites for hydroxylation is 1. The van der Waals surface area contributed by atoms with Crippen molar-refractivity contribution in [3.05, 3.63) is 76.8 Å². The maximum atomic E-state index is 14.3. The highest BCUT2D eigenvalue weighted by Crippen LogP contribution is 2.56. The number of likely N-dealkylation sites (tertiary alicyclic amines) is 1. The molecule has 0 radical (unpaired) electrons. The number of hydrogen-bond donors (Lipinski definition) is 2. The minimum Gasteiger partial charge on any atom is -0.359 e. The van der Waals surface area contributed by atoms with Gasteiger partial charge in [-0.05, 0) is 49.9 Å². The third kappa shape index (κ3) is 4.36. The Morgan fingerprint density at radius 3 is 2.54 bits per heavy atom. The predicted molar refractivity (Wildman–Crippen MR) is 149 cm³/mol. The number of benzene rings is 2. The van der Waals surface area contributed by atoms with E-state index in [1.54, 1.807) is 17.0 Å². The first-order valence-corrected chi connectivity index (χ1v) is 14.3. The lowest BCUT2D eigenvalue weighted by Gasteiger charge is -2.37. The summed E-state index contributed by atoms with van der Waals surface area (Å²) in [4.78, 5) is 43.7. The summed E-state index contributed by atoms with van der Waals surface area (Å²) in [7, 11) is 0. The number of anilines is 1. The fourth-order valence-electron chi connectivity index (χ4n) is 6.94. The molecule has 1 saturated carbocycles. The molecule has 2 bridgehead atoms. The van der Waals surface area contributed by atoms with Gasteiger partial charge in [0.1, 0.15) is 11.6 Å². The third-order valence-electron chi connectivity index (χ3n) is 8.95. The van der Waals surface area contributed by atoms with Gasteiger partial charge in [-0.15, -0.1) is 0 Å². The van der Waals surface area contributed by atoms with Crippen molar-refractivity contribution in [3.63, 3.8) is 0 Å². The van der Waals surface area contributed by atoms with Gasteiger partial charge in [-0.1, -0.05) is 79.4 Å². The summed E-state index contributed by atoms with van der Waals surface area (Å²) in [6.45, 7) is 3.83. The second-order valence-electron chi connectivity index (χ2n) is 11.3. The average Bonchev–Trinajstić information content (AvgIpc) is 3.58. The van der Waals surface area contributed by atoms with Crippen molar-refractivity contribution in [2.24, 2.45) is 11.8 Å². The summed E-state index contributed by atoms with van der Waals surface area (Å²) >= 11 is 6.28. The van der Waals surface area contributed by atoms with E-state index in [0.29, 0.717) is 10.7 Å². The van der Waals surface area contributed by atoms with E-state index in [4.69, 9.17) is 16.3 Å². The van der Waals surface area contributed by atoms with E-state index >= 15 is 0 Å². The van der Waals surface area contributed by atoms with Crippen molar-refractivity contribution < 1.29 is 19.1 Å². The average molecular weight is 548 g/mol. The van der Waals surface area contributed by atoms with Gasteiger partial charge in [-0.25, -0.2) is 0 Å². The maximum Gasteiger partial charge on any atom is 0.246 e. The van der Waals surface area contributed by atoms with E-state index in [-0.39, 0.29) is 29.8 Å². The molecule has 0 aromatic heterocycles. The van der Waals surface area contributed by atoms with Crippen LogP contribution in [-0.2, 0) is 19.1 Å². The van der Waals surface area contributed by atoms with Crippen LogP contribution in [0.2, 0.25) is 5.02 Å². The molecule has 2 aromatic rings. The molecule has 2 N–H and O–H groups in total. The van der Waals surface area contributed by atoms with E-state index in [1.807, 2.05) is 62.4 Å². The number of hydrogen-bond acceptors (Lipinski definition) is 4. The van der Waals surface area contributed by atoms with Gasteiger partial charge in [0.05, 0.1) is 24.0 Å². The summed E-state index contributed by atoms with van der Waals surface area (Å²) < 4.78 is 6.49. The van der Waals surface area contributed by atoms with E-state index in [1.165, 1.54) is 6.42 Å². The second kappa shape index (κ2) is 10.1. The first-order valence-electron chi connectivity index (χ1n) is 13.9. The highest BCUT2D eigenvalue weighted by molar-refractivity contribution is 6.31. The predicted octanol–water partition coefficient (Wildman–Crippen LogP) is 4.95. The van der Waals surface area contributed by atoms with Crippen molar-refractivity contribution in [2.45, 2.75) is 75.8 Å². The zero-order valence-corrected chi connectivity index (χ0v) is 23.0. The number of amides is 3. The summed E-state index contributed by atoms with van der Waals surface area (Å²) in [5.74, 6) is -2.33. The van der Waals surface area contributed by atoms with Crippen LogP contribution in [0.3, 0.4) is 0 Å². The smallest absolute Gasteiger partial charge is 0.246 e. The Morgan fingerprint density at radius 1 is 1.08 bits per heavy atom. The topological polar surface area (TPSA) is 87.7 Å². The SMILES string of the molecule is Cc1ccc(NC(=O)C2C3C=CC4(O3)C2C(=O)N(C(C)c2ccccc2)C4C(=O)NC2CCCCC2)cc1Cl. The summed E-state index contributed by atoms with van der Waals surface area (Å²) in [6, 6.07) is 13.9. The highest BCUT2D eigenvalue weighted by Gasteiger charge is 2.73. The number of nitrogens with one attached hydrogen (secondary N) is 2. The largest absolute Gasteiger partial charge is 0.359 e. The highest BCUT2D eigenvalue weighted by atomic mass is 35.5. The zero-order chi connectivity index (χ0) is 27.3. The number of ether oxygens (including phenoxy) is 1. The Balaban J connectivity index is 1.35. The quantitative estimate of drug-likeness (QED) is 0.501. The Labute approximate surface area is 233 Å². The molecular weight excluding hydrogens is 514 g/mol. The lowest BCUT2D eigenvalue weighted by atomic mass is 9.74. The molecule has 3 fully saturated rings. The molecule has 2 saturated heterocycles. The van der Waals surface area contributed by atoms with E-state index in [0.717, 1.165) is 36.8 Å². The molecule has 39 heavy (non-hydrogen) atoms. The number of fused-ring (bicyclic) bond motifs is 1. The van der Waals surface area contributed by atoms with Crippen LogP contribution in [-0.4, -0.2) is 46.4 Å². The van der Waals surface area contributed by atoms with Crippen molar-refractivity contribution in [1.29, 1.82) is 0 Å². The van der Waals surface area contributed by atoms with Gasteiger partial charge in [0, 0.05) is 16.8 Å². The molecule has 3 aliphatic heterocycles. The van der Waals surface area contributed by atoms with Crippen LogP contribution >= 0.6 is 11.6 Å². The molecule has 2 aromatic carbocycles. The summed E-state index contributed by atoms with van der Waals surface area (Å²) in [5, 5.41) is 6.73. The maximum absolute atomic E-state index is 14.3. The van der Waals surface area contributed by atoms with Crippen molar-refractivity contribution in [2.75, 3.05) is 5.32 Å². The van der Waals surface area contributed by atoms with Crippen molar-refractivity contribution in [1.82, 2.24) is 10.2 Å². The van der Waals surface area contributed by atoms with Crippen molar-refractivity contribution >= 4 is 35.0 Å². The molecule has 4 aliphatic rings. The van der Waals surface area contributed by atoms with Crippen LogP contribution in [0.5, 0.6) is 0 Å².